The summed E-state index contributed by atoms with van der Waals surface area (Å²) in [6, 6.07) is 34.8. The minimum Gasteiger partial charge on any atom is -0.497 e. The van der Waals surface area contributed by atoms with E-state index in [0.29, 0.717) is 12.3 Å². The molecule has 6 nitrogen and oxygen atoms in total. The molecule has 6 heteroatoms. The molecule has 1 atom stereocenters. The number of amides is 2. The first kappa shape index (κ1) is 25.5. The number of carbonyl (C=O) groups excluding carboxylic acids is 2. The van der Waals surface area contributed by atoms with Gasteiger partial charge >= 0.3 is 0 Å². The van der Waals surface area contributed by atoms with Gasteiger partial charge in [-0.15, -0.1) is 0 Å². The Bertz CT molecular complexity index is 1260. The number of rotatable bonds is 11. The zero-order chi connectivity index (χ0) is 25.9. The quantitative estimate of drug-likeness (QED) is 0.313. The average Bonchev–Trinajstić information content (AvgIpc) is 2.96. The van der Waals surface area contributed by atoms with E-state index in [1.54, 1.807) is 24.1 Å². The lowest BCUT2D eigenvalue weighted by Gasteiger charge is -2.31. The molecule has 0 fully saturated rings. The molecule has 0 aliphatic heterocycles. The molecule has 0 spiro atoms. The summed E-state index contributed by atoms with van der Waals surface area (Å²) < 4.78 is 11.0. The molecule has 4 rings (SSSR count). The van der Waals surface area contributed by atoms with E-state index >= 15 is 0 Å². The van der Waals surface area contributed by atoms with E-state index in [2.05, 4.69) is 5.32 Å². The third-order valence-corrected chi connectivity index (χ3v) is 5.92. The molecule has 0 aliphatic carbocycles. The second-order valence-corrected chi connectivity index (χ2v) is 8.49. The van der Waals surface area contributed by atoms with Gasteiger partial charge in [-0.25, -0.2) is 0 Å². The molecule has 4 aromatic rings. The second-order valence-electron chi connectivity index (χ2n) is 8.49. The Balaban J connectivity index is 1.59. The summed E-state index contributed by atoms with van der Waals surface area (Å²) in [5, 5.41) is 3.02. The van der Waals surface area contributed by atoms with Gasteiger partial charge in [0.25, 0.3) is 5.91 Å². The Labute approximate surface area is 217 Å². The topological polar surface area (TPSA) is 67.9 Å². The summed E-state index contributed by atoms with van der Waals surface area (Å²) in [6.45, 7) is 0.388. The fraction of sp³-hybridized carbons (Fsp3) is 0.161. The number of nitrogens with one attached hydrogen (secondary N) is 1. The highest BCUT2D eigenvalue weighted by Gasteiger charge is 2.31. The van der Waals surface area contributed by atoms with Crippen molar-refractivity contribution in [1.29, 1.82) is 0 Å². The summed E-state index contributed by atoms with van der Waals surface area (Å²) >= 11 is 0. The maximum Gasteiger partial charge on any atom is 0.261 e. The Kier molecular flexibility index (Phi) is 8.92. The van der Waals surface area contributed by atoms with Crippen molar-refractivity contribution in [3.63, 3.8) is 0 Å². The van der Waals surface area contributed by atoms with Gasteiger partial charge < -0.3 is 19.7 Å². The molecule has 2 amide bonds. The van der Waals surface area contributed by atoms with Crippen LogP contribution in [0, 0.1) is 0 Å². The van der Waals surface area contributed by atoms with Crippen LogP contribution in [-0.2, 0) is 22.7 Å². The minimum atomic E-state index is -0.841. The molecule has 0 aliphatic rings. The number of methoxy groups -OCH3 is 1. The lowest BCUT2D eigenvalue weighted by Crippen LogP contribution is -2.45. The number of ether oxygens (including phenoxy) is 2. The lowest BCUT2D eigenvalue weighted by molar-refractivity contribution is -0.143. The number of hydrogen-bond acceptors (Lipinski definition) is 4. The van der Waals surface area contributed by atoms with E-state index in [9.17, 15) is 9.59 Å². The normalized spacial score (nSPS) is 11.3. The van der Waals surface area contributed by atoms with E-state index < -0.39 is 6.04 Å². The monoisotopic (exact) mass is 494 g/mol. The fourth-order valence-corrected chi connectivity index (χ4v) is 3.99. The number of hydrogen-bond donors (Lipinski definition) is 1. The van der Waals surface area contributed by atoms with Crippen LogP contribution in [0.5, 0.6) is 11.5 Å². The van der Waals surface area contributed by atoms with Gasteiger partial charge in [0, 0.05) is 13.1 Å². The molecule has 0 heterocycles. The van der Waals surface area contributed by atoms with Gasteiger partial charge in [0.2, 0.25) is 5.91 Å². The van der Waals surface area contributed by atoms with Gasteiger partial charge in [0.05, 0.1) is 7.11 Å². The summed E-state index contributed by atoms with van der Waals surface area (Å²) in [5.41, 5.74) is 2.56. The van der Waals surface area contributed by atoms with Crippen LogP contribution < -0.4 is 14.8 Å². The maximum atomic E-state index is 13.7. The molecule has 0 saturated carbocycles. The van der Waals surface area contributed by atoms with Crippen LogP contribution in [0.15, 0.2) is 115 Å². The molecule has 188 valence electrons. The van der Waals surface area contributed by atoms with Gasteiger partial charge in [-0.3, -0.25) is 9.59 Å². The van der Waals surface area contributed by atoms with Crippen LogP contribution in [-0.4, -0.2) is 30.4 Å². The molecule has 0 radical (unpaired) electrons. The highest BCUT2D eigenvalue weighted by Crippen LogP contribution is 2.25. The Morgan fingerprint density at radius 2 is 1.32 bits per heavy atom. The predicted octanol–water partition coefficient (Wildman–Crippen LogP) is 5.16. The van der Waals surface area contributed by atoms with E-state index in [1.807, 2.05) is 103 Å². The smallest absolute Gasteiger partial charge is 0.261 e. The first-order valence-electron chi connectivity index (χ1n) is 12.1. The molecule has 0 bridgehead atoms. The van der Waals surface area contributed by atoms with E-state index in [0.717, 1.165) is 22.4 Å². The van der Waals surface area contributed by atoms with Gasteiger partial charge in [-0.2, -0.15) is 0 Å². The summed E-state index contributed by atoms with van der Waals surface area (Å²) in [6.07, 6.45) is 0. The molecule has 4 aromatic carbocycles. The van der Waals surface area contributed by atoms with Crippen LogP contribution in [0.25, 0.3) is 0 Å². The molecule has 0 saturated heterocycles. The van der Waals surface area contributed by atoms with Gasteiger partial charge in [-0.05, 0) is 41.0 Å². The minimum absolute atomic E-state index is 0.189. The third-order valence-electron chi connectivity index (χ3n) is 5.92. The summed E-state index contributed by atoms with van der Waals surface area (Å²) in [4.78, 5) is 28.9. The lowest BCUT2D eigenvalue weighted by atomic mass is 10.0. The van der Waals surface area contributed by atoms with Crippen LogP contribution in [0.2, 0.25) is 0 Å². The van der Waals surface area contributed by atoms with Gasteiger partial charge in [-0.1, -0.05) is 91.0 Å². The van der Waals surface area contributed by atoms with Crippen molar-refractivity contribution in [2.75, 3.05) is 13.7 Å². The highest BCUT2D eigenvalue weighted by atomic mass is 16.5. The second kappa shape index (κ2) is 12.9. The van der Waals surface area contributed by atoms with Crippen molar-refractivity contribution in [2.24, 2.45) is 0 Å². The first-order chi connectivity index (χ1) is 18.1. The third kappa shape index (κ3) is 7.21. The number of carbonyl (C=O) groups is 2. The Morgan fingerprint density at radius 3 is 1.95 bits per heavy atom. The maximum absolute atomic E-state index is 13.7. The molecule has 37 heavy (non-hydrogen) atoms. The highest BCUT2D eigenvalue weighted by molar-refractivity contribution is 5.89. The van der Waals surface area contributed by atoms with Crippen LogP contribution in [0.4, 0.5) is 0 Å². The molecular weight excluding hydrogens is 464 g/mol. The standard InChI is InChI=1S/C31H30N2O4/c1-36-27-19-17-24(18-20-27)21-32-31(35)30(26-13-7-3-8-14-26)33(22-25-11-5-2-6-12-25)29(34)23-37-28-15-9-4-10-16-28/h2-20,30H,21-23H2,1H3,(H,32,35)/t30-/m0/s1. The summed E-state index contributed by atoms with van der Waals surface area (Å²) in [5.74, 6) is 0.776. The van der Waals surface area contributed by atoms with E-state index in [-0.39, 0.29) is 25.0 Å². The van der Waals surface area contributed by atoms with Crippen LogP contribution in [0.1, 0.15) is 22.7 Å². The van der Waals surface area contributed by atoms with Crippen LogP contribution in [0.3, 0.4) is 0 Å². The predicted molar refractivity (Wildman–Crippen MR) is 143 cm³/mol. The Morgan fingerprint density at radius 1 is 0.730 bits per heavy atom. The molecular formula is C31H30N2O4. The van der Waals surface area contributed by atoms with Crippen molar-refractivity contribution < 1.29 is 19.1 Å². The molecule has 1 N–H and O–H groups in total. The van der Waals surface area contributed by atoms with Crippen molar-refractivity contribution in [3.8, 4) is 11.5 Å². The molecule has 0 unspecified atom stereocenters. The first-order valence-corrected chi connectivity index (χ1v) is 12.1. The van der Waals surface area contributed by atoms with Crippen LogP contribution >= 0.6 is 0 Å². The zero-order valence-corrected chi connectivity index (χ0v) is 20.7. The zero-order valence-electron chi connectivity index (χ0n) is 20.7. The number of nitrogens with zero attached hydrogens (tertiary/aromatic N) is 1. The fourth-order valence-electron chi connectivity index (χ4n) is 3.99. The largest absolute Gasteiger partial charge is 0.497 e. The van der Waals surface area contributed by atoms with Crippen molar-refractivity contribution in [2.45, 2.75) is 19.1 Å². The van der Waals surface area contributed by atoms with E-state index in [1.165, 1.54) is 0 Å². The Hall–Kier alpha value is -4.58. The van der Waals surface area contributed by atoms with E-state index in [4.69, 9.17) is 9.47 Å². The van der Waals surface area contributed by atoms with Crippen molar-refractivity contribution in [3.05, 3.63) is 132 Å². The summed E-state index contributed by atoms with van der Waals surface area (Å²) in [7, 11) is 1.61. The molecule has 0 aromatic heterocycles. The number of benzene rings is 4. The average molecular weight is 495 g/mol. The SMILES string of the molecule is COc1ccc(CNC(=O)[C@H](c2ccccc2)N(Cc2ccccc2)C(=O)COc2ccccc2)cc1. The van der Waals surface area contributed by atoms with Gasteiger partial charge in [0.1, 0.15) is 17.5 Å². The number of para-hydroxylation sites is 1. The van der Waals surface area contributed by atoms with Crippen molar-refractivity contribution >= 4 is 11.8 Å². The van der Waals surface area contributed by atoms with Crippen molar-refractivity contribution in [1.82, 2.24) is 10.2 Å². The van der Waals surface area contributed by atoms with Gasteiger partial charge in [0.15, 0.2) is 6.61 Å².